The summed E-state index contributed by atoms with van der Waals surface area (Å²) in [5.41, 5.74) is 0.862. The van der Waals surface area contributed by atoms with Crippen molar-refractivity contribution in [3.63, 3.8) is 0 Å². The monoisotopic (exact) mass is 314 g/mol. The lowest BCUT2D eigenvalue weighted by Gasteiger charge is -2.15. The van der Waals surface area contributed by atoms with Crippen LogP contribution < -0.4 is 10.5 Å². The molecular formula is C16H14N2O3S. The molecule has 0 radical (unpaired) electrons. The van der Waals surface area contributed by atoms with Gasteiger partial charge in [0.25, 0.3) is 0 Å². The number of fused-ring (bicyclic) bond motifs is 1. The summed E-state index contributed by atoms with van der Waals surface area (Å²) in [6.45, 7) is 4.06. The topological polar surface area (TPSA) is 66.6 Å². The number of aliphatic hydroxyl groups is 1. The number of hydrogen-bond donors (Lipinski definition) is 1. The van der Waals surface area contributed by atoms with Gasteiger partial charge < -0.3 is 14.4 Å². The number of benzene rings is 1. The van der Waals surface area contributed by atoms with E-state index >= 15 is 0 Å². The number of aromatic nitrogens is 1. The third-order valence-corrected chi connectivity index (χ3v) is 4.29. The maximum atomic E-state index is 11.7. The molecule has 3 rings (SSSR count). The number of hydrogen-bond acceptors (Lipinski definition) is 6. The van der Waals surface area contributed by atoms with E-state index in [1.165, 1.54) is 11.3 Å². The van der Waals surface area contributed by atoms with Crippen LogP contribution in [0.3, 0.4) is 0 Å². The maximum Gasteiger partial charge on any atom is 0.348 e. The van der Waals surface area contributed by atoms with E-state index in [-0.39, 0.29) is 17.0 Å². The Bertz CT molecular complexity index is 883. The Labute approximate surface area is 130 Å². The van der Waals surface area contributed by atoms with Gasteiger partial charge in [0, 0.05) is 13.6 Å². The molecule has 0 fully saturated rings. The van der Waals surface area contributed by atoms with Crippen molar-refractivity contribution in [2.75, 3.05) is 11.9 Å². The van der Waals surface area contributed by atoms with Gasteiger partial charge in [-0.25, -0.2) is 4.79 Å². The molecule has 2 aromatic heterocycles. The van der Waals surface area contributed by atoms with Gasteiger partial charge in [-0.1, -0.05) is 48.2 Å². The normalized spacial score (nSPS) is 10.8. The molecule has 0 saturated heterocycles. The predicted octanol–water partition coefficient (Wildman–Crippen LogP) is 3.41. The molecular weight excluding hydrogens is 300 g/mol. The van der Waals surface area contributed by atoms with E-state index < -0.39 is 5.63 Å². The van der Waals surface area contributed by atoms with E-state index in [0.717, 1.165) is 10.7 Å². The van der Waals surface area contributed by atoms with Gasteiger partial charge >= 0.3 is 5.63 Å². The molecule has 0 amide bonds. The quantitative estimate of drug-likeness (QED) is 0.747. The predicted molar refractivity (Wildman–Crippen MR) is 88.4 cm³/mol. The van der Waals surface area contributed by atoms with E-state index in [2.05, 4.69) is 11.6 Å². The summed E-state index contributed by atoms with van der Waals surface area (Å²) in [6, 6.07) is 11.6. The second-order valence-corrected chi connectivity index (χ2v) is 5.91. The summed E-state index contributed by atoms with van der Waals surface area (Å²) < 4.78 is 5.83. The van der Waals surface area contributed by atoms with E-state index in [0.29, 0.717) is 11.2 Å². The van der Waals surface area contributed by atoms with Gasteiger partial charge in [0.1, 0.15) is 11.3 Å². The first kappa shape index (κ1) is 14.3. The van der Waals surface area contributed by atoms with Gasteiger partial charge in [-0.3, -0.25) is 0 Å². The molecule has 6 heteroatoms. The number of aliphatic hydroxyl groups excluding tert-OH is 1. The first-order chi connectivity index (χ1) is 10.5. The Kier molecular flexibility index (Phi) is 3.68. The van der Waals surface area contributed by atoms with Crippen LogP contribution in [0.4, 0.5) is 5.13 Å². The molecule has 3 aromatic rings. The number of rotatable bonds is 4. The van der Waals surface area contributed by atoms with Crippen LogP contribution in [0.5, 0.6) is 0 Å². The molecule has 22 heavy (non-hydrogen) atoms. The summed E-state index contributed by atoms with van der Waals surface area (Å²) in [6.07, 6.45) is 0. The fourth-order valence-corrected chi connectivity index (χ4v) is 2.99. The molecule has 0 atom stereocenters. The molecule has 2 heterocycles. The third kappa shape index (κ3) is 2.73. The lowest BCUT2D eigenvalue weighted by molar-refractivity contribution is 0.497. The van der Waals surface area contributed by atoms with Crippen molar-refractivity contribution >= 4 is 32.6 Å². The largest absolute Gasteiger partial charge is 0.508 e. The average Bonchev–Trinajstić information content (AvgIpc) is 2.90. The highest BCUT2D eigenvalue weighted by Gasteiger charge is 2.14. The van der Waals surface area contributed by atoms with Crippen LogP contribution in [-0.4, -0.2) is 17.1 Å². The average molecular weight is 314 g/mol. The minimum Gasteiger partial charge on any atom is -0.508 e. The fraction of sp³-hybridized carbons (Fsp3) is 0.125. The van der Waals surface area contributed by atoms with Gasteiger partial charge in [0.05, 0.1) is 4.70 Å². The minimum absolute atomic E-state index is 0.0633. The highest BCUT2D eigenvalue weighted by atomic mass is 32.1. The van der Waals surface area contributed by atoms with Crippen molar-refractivity contribution in [3.05, 3.63) is 64.5 Å². The smallest absolute Gasteiger partial charge is 0.348 e. The number of thiazole rings is 1. The van der Waals surface area contributed by atoms with Crippen molar-refractivity contribution in [2.45, 2.75) is 6.54 Å². The number of anilines is 1. The summed E-state index contributed by atoms with van der Waals surface area (Å²) >= 11 is 1.39. The van der Waals surface area contributed by atoms with Crippen LogP contribution in [0, 0.1) is 0 Å². The Morgan fingerprint density at radius 2 is 2.14 bits per heavy atom. The zero-order valence-corrected chi connectivity index (χ0v) is 12.8. The Balaban J connectivity index is 1.94. The summed E-state index contributed by atoms with van der Waals surface area (Å²) in [5.74, 6) is -0.303. The van der Waals surface area contributed by atoms with Crippen LogP contribution in [0.1, 0.15) is 11.1 Å². The van der Waals surface area contributed by atoms with E-state index in [9.17, 15) is 9.90 Å². The Hall–Kier alpha value is -2.60. The Morgan fingerprint density at radius 1 is 1.41 bits per heavy atom. The summed E-state index contributed by atoms with van der Waals surface area (Å²) in [4.78, 5) is 18.0. The van der Waals surface area contributed by atoms with Gasteiger partial charge in [-0.2, -0.15) is 4.98 Å². The molecule has 0 aliphatic carbocycles. The Morgan fingerprint density at radius 3 is 2.82 bits per heavy atom. The molecule has 0 bridgehead atoms. The molecule has 0 aliphatic heterocycles. The lowest BCUT2D eigenvalue weighted by atomic mass is 10.2. The van der Waals surface area contributed by atoms with Crippen LogP contribution in [0.2, 0.25) is 0 Å². The van der Waals surface area contributed by atoms with Crippen LogP contribution >= 0.6 is 11.3 Å². The fourth-order valence-electron chi connectivity index (χ4n) is 2.09. The summed E-state index contributed by atoms with van der Waals surface area (Å²) in [7, 11) is 1.93. The molecule has 5 nitrogen and oxygen atoms in total. The van der Waals surface area contributed by atoms with Crippen molar-refractivity contribution in [1.82, 2.24) is 4.98 Å². The highest BCUT2D eigenvalue weighted by Crippen LogP contribution is 2.29. The van der Waals surface area contributed by atoms with E-state index in [4.69, 9.17) is 4.42 Å². The minimum atomic E-state index is -0.637. The zero-order chi connectivity index (χ0) is 15.7. The second-order valence-electron chi connectivity index (χ2n) is 4.90. The number of nitrogens with zero attached hydrogens (tertiary/aromatic N) is 2. The SMILES string of the molecule is C=C(O)c1cc2sc(N(C)Cc3ccccc3)nc2oc1=O. The molecule has 1 N–H and O–H groups in total. The van der Waals surface area contributed by atoms with Crippen LogP contribution in [0.25, 0.3) is 16.2 Å². The molecule has 112 valence electrons. The van der Waals surface area contributed by atoms with Gasteiger partial charge in [0.2, 0.25) is 5.71 Å². The summed E-state index contributed by atoms with van der Waals surface area (Å²) in [5, 5.41) is 10.1. The van der Waals surface area contributed by atoms with Crippen molar-refractivity contribution < 1.29 is 9.52 Å². The maximum absolute atomic E-state index is 11.7. The first-order valence-corrected chi connectivity index (χ1v) is 7.44. The van der Waals surface area contributed by atoms with E-state index in [1.807, 2.05) is 42.3 Å². The van der Waals surface area contributed by atoms with Crippen molar-refractivity contribution in [1.29, 1.82) is 0 Å². The van der Waals surface area contributed by atoms with Crippen molar-refractivity contribution in [3.8, 4) is 0 Å². The molecule has 0 saturated carbocycles. The van der Waals surface area contributed by atoms with Crippen molar-refractivity contribution in [2.24, 2.45) is 0 Å². The van der Waals surface area contributed by atoms with E-state index in [1.54, 1.807) is 6.07 Å². The standard InChI is InChI=1S/C16H14N2O3S/c1-10(19)12-8-13-14(21-15(12)20)17-16(22-13)18(2)9-11-6-4-3-5-7-11/h3-8,19H,1,9H2,2H3. The third-order valence-electron chi connectivity index (χ3n) is 3.19. The molecule has 0 aliphatic rings. The molecule has 0 unspecified atom stereocenters. The van der Waals surface area contributed by atoms with Crippen LogP contribution in [-0.2, 0) is 6.54 Å². The zero-order valence-electron chi connectivity index (χ0n) is 11.9. The molecule has 1 aromatic carbocycles. The highest BCUT2D eigenvalue weighted by molar-refractivity contribution is 7.22. The van der Waals surface area contributed by atoms with Crippen LogP contribution in [0.15, 0.2) is 52.2 Å². The first-order valence-electron chi connectivity index (χ1n) is 6.62. The molecule has 0 spiro atoms. The second kappa shape index (κ2) is 5.65. The van der Waals surface area contributed by atoms with Gasteiger partial charge in [-0.05, 0) is 11.6 Å². The van der Waals surface area contributed by atoms with Gasteiger partial charge in [0.15, 0.2) is 5.13 Å². The lowest BCUT2D eigenvalue weighted by Crippen LogP contribution is -2.15. The van der Waals surface area contributed by atoms with Gasteiger partial charge in [-0.15, -0.1) is 0 Å².